The van der Waals surface area contributed by atoms with Crippen LogP contribution in [0.3, 0.4) is 0 Å². The molecular weight excluding hydrogens is 270 g/mol. The van der Waals surface area contributed by atoms with Gasteiger partial charge in [-0.3, -0.25) is 15.1 Å². The number of pyridine rings is 1. The van der Waals surface area contributed by atoms with Crippen LogP contribution in [0.1, 0.15) is 19.3 Å². The molecule has 1 fully saturated rings. The number of fused-ring (bicyclic) bond motifs is 1. The predicted molar refractivity (Wildman–Crippen MR) is 80.3 cm³/mol. The van der Waals surface area contributed by atoms with Crippen LogP contribution in [0.5, 0.6) is 0 Å². The summed E-state index contributed by atoms with van der Waals surface area (Å²) in [5.74, 6) is 0. The van der Waals surface area contributed by atoms with Crippen LogP contribution in [0.15, 0.2) is 30.6 Å². The zero-order chi connectivity index (χ0) is 14.9. The minimum absolute atomic E-state index is 0.0696. The molecular formula is C15H17N3O3. The number of rotatable bonds is 6. The van der Waals surface area contributed by atoms with Crippen molar-refractivity contribution in [2.45, 2.75) is 19.3 Å². The Labute approximate surface area is 122 Å². The fourth-order valence-electron chi connectivity index (χ4n) is 2.70. The molecule has 6 nitrogen and oxygen atoms in total. The van der Waals surface area contributed by atoms with E-state index in [0.29, 0.717) is 5.39 Å². The van der Waals surface area contributed by atoms with Crippen LogP contribution < -0.4 is 5.32 Å². The number of nitrogens with zero attached hydrogens (tertiary/aromatic N) is 2. The SMILES string of the molecule is O=[N+]([O-])c1ccc(NCC2(CCO)CC2)c2ccncc12. The van der Waals surface area contributed by atoms with Gasteiger partial charge in [-0.05, 0) is 36.8 Å². The largest absolute Gasteiger partial charge is 0.396 e. The maximum atomic E-state index is 11.1. The summed E-state index contributed by atoms with van der Waals surface area (Å²) in [5.41, 5.74) is 1.14. The van der Waals surface area contributed by atoms with Gasteiger partial charge in [0.2, 0.25) is 0 Å². The Hall–Kier alpha value is -2.21. The van der Waals surface area contributed by atoms with E-state index in [-0.39, 0.29) is 22.6 Å². The standard InChI is InChI=1S/C15H17N3O3/c19-8-6-15(4-5-15)10-17-13-1-2-14(18(20)21)12-9-16-7-3-11(12)13/h1-3,7,9,17,19H,4-6,8,10H2. The molecule has 1 heterocycles. The van der Waals surface area contributed by atoms with Gasteiger partial charge in [-0.1, -0.05) is 0 Å². The summed E-state index contributed by atoms with van der Waals surface area (Å²) >= 11 is 0. The number of benzene rings is 1. The maximum Gasteiger partial charge on any atom is 0.278 e. The Morgan fingerprint density at radius 3 is 2.81 bits per heavy atom. The number of hydrogen-bond acceptors (Lipinski definition) is 5. The van der Waals surface area contributed by atoms with Crippen LogP contribution in [0.4, 0.5) is 11.4 Å². The van der Waals surface area contributed by atoms with E-state index in [9.17, 15) is 10.1 Å². The summed E-state index contributed by atoms with van der Waals surface area (Å²) in [7, 11) is 0. The second kappa shape index (κ2) is 5.29. The average molecular weight is 287 g/mol. The van der Waals surface area contributed by atoms with E-state index in [1.807, 2.05) is 0 Å². The lowest BCUT2D eigenvalue weighted by Gasteiger charge is -2.16. The summed E-state index contributed by atoms with van der Waals surface area (Å²) in [6.07, 6.45) is 6.20. The number of non-ortho nitro benzene ring substituents is 1. The molecule has 0 atom stereocenters. The molecule has 1 saturated carbocycles. The van der Waals surface area contributed by atoms with Crippen molar-refractivity contribution >= 4 is 22.1 Å². The van der Waals surface area contributed by atoms with E-state index >= 15 is 0 Å². The number of nitro groups is 1. The van der Waals surface area contributed by atoms with Crippen LogP contribution in [0.2, 0.25) is 0 Å². The number of nitro benzene ring substituents is 1. The third kappa shape index (κ3) is 2.67. The Kier molecular flexibility index (Phi) is 3.47. The Morgan fingerprint density at radius 2 is 2.14 bits per heavy atom. The molecule has 2 aromatic rings. The molecule has 0 aliphatic heterocycles. The summed E-state index contributed by atoms with van der Waals surface area (Å²) in [4.78, 5) is 14.7. The number of nitrogens with one attached hydrogen (secondary N) is 1. The average Bonchev–Trinajstić information content (AvgIpc) is 3.25. The van der Waals surface area contributed by atoms with Gasteiger partial charge in [-0.15, -0.1) is 0 Å². The van der Waals surface area contributed by atoms with Gasteiger partial charge in [0.05, 0.1) is 10.3 Å². The van der Waals surface area contributed by atoms with Gasteiger partial charge in [-0.25, -0.2) is 0 Å². The second-order valence-electron chi connectivity index (χ2n) is 5.64. The lowest BCUT2D eigenvalue weighted by atomic mass is 10.0. The Balaban J connectivity index is 1.89. The molecule has 21 heavy (non-hydrogen) atoms. The fourth-order valence-corrected chi connectivity index (χ4v) is 2.70. The number of anilines is 1. The predicted octanol–water partition coefficient (Wildman–Crippen LogP) is 2.72. The first kappa shape index (κ1) is 13.8. The van der Waals surface area contributed by atoms with Crippen molar-refractivity contribution in [1.29, 1.82) is 0 Å². The highest BCUT2D eigenvalue weighted by atomic mass is 16.6. The van der Waals surface area contributed by atoms with Gasteiger partial charge in [-0.2, -0.15) is 0 Å². The van der Waals surface area contributed by atoms with Crippen LogP contribution in [0, 0.1) is 15.5 Å². The molecule has 0 unspecified atom stereocenters. The summed E-state index contributed by atoms with van der Waals surface area (Å²) < 4.78 is 0. The second-order valence-corrected chi connectivity index (χ2v) is 5.64. The van der Waals surface area contributed by atoms with Gasteiger partial charge < -0.3 is 10.4 Å². The van der Waals surface area contributed by atoms with Crippen molar-refractivity contribution in [2.24, 2.45) is 5.41 Å². The van der Waals surface area contributed by atoms with Crippen LogP contribution >= 0.6 is 0 Å². The molecule has 1 aromatic carbocycles. The Bertz CT molecular complexity index is 683. The Morgan fingerprint density at radius 1 is 1.33 bits per heavy atom. The molecule has 3 rings (SSSR count). The number of hydrogen-bond donors (Lipinski definition) is 2. The van der Waals surface area contributed by atoms with E-state index in [1.165, 1.54) is 12.3 Å². The molecule has 1 aromatic heterocycles. The molecule has 0 radical (unpaired) electrons. The first-order valence-electron chi connectivity index (χ1n) is 7.01. The van der Waals surface area contributed by atoms with Crippen LogP contribution in [-0.4, -0.2) is 28.2 Å². The summed E-state index contributed by atoms with van der Waals surface area (Å²) in [6, 6.07) is 5.05. The lowest BCUT2D eigenvalue weighted by Crippen LogP contribution is -2.17. The normalized spacial score (nSPS) is 15.9. The first-order chi connectivity index (χ1) is 10.2. The fraction of sp³-hybridized carbons (Fsp3) is 0.400. The first-order valence-corrected chi connectivity index (χ1v) is 7.01. The zero-order valence-electron chi connectivity index (χ0n) is 11.6. The third-order valence-corrected chi connectivity index (χ3v) is 4.24. The zero-order valence-corrected chi connectivity index (χ0v) is 11.6. The molecule has 1 aliphatic carbocycles. The molecule has 0 amide bonds. The minimum atomic E-state index is -0.387. The summed E-state index contributed by atoms with van der Waals surface area (Å²) in [6.45, 7) is 0.982. The van der Waals surface area contributed by atoms with Crippen molar-refractivity contribution in [3.8, 4) is 0 Å². The van der Waals surface area contributed by atoms with Gasteiger partial charge in [0, 0.05) is 42.7 Å². The van der Waals surface area contributed by atoms with E-state index in [4.69, 9.17) is 5.11 Å². The monoisotopic (exact) mass is 287 g/mol. The molecule has 0 spiro atoms. The third-order valence-electron chi connectivity index (χ3n) is 4.24. The van der Waals surface area contributed by atoms with Crippen LogP contribution in [-0.2, 0) is 0 Å². The van der Waals surface area contributed by atoms with Crippen LogP contribution in [0.25, 0.3) is 10.8 Å². The summed E-state index contributed by atoms with van der Waals surface area (Å²) in [5, 5.41) is 24.9. The highest BCUT2D eigenvalue weighted by Crippen LogP contribution is 2.48. The highest BCUT2D eigenvalue weighted by molar-refractivity contribution is 5.99. The topological polar surface area (TPSA) is 88.3 Å². The minimum Gasteiger partial charge on any atom is -0.396 e. The number of aliphatic hydroxyl groups excluding tert-OH is 1. The van der Waals surface area contributed by atoms with E-state index in [1.54, 1.807) is 18.3 Å². The van der Waals surface area contributed by atoms with Gasteiger partial charge >= 0.3 is 0 Å². The molecule has 2 N–H and O–H groups in total. The van der Waals surface area contributed by atoms with Crippen molar-refractivity contribution in [1.82, 2.24) is 4.98 Å². The van der Waals surface area contributed by atoms with Crippen molar-refractivity contribution < 1.29 is 10.0 Å². The van der Waals surface area contributed by atoms with Gasteiger partial charge in [0.1, 0.15) is 0 Å². The molecule has 110 valence electrons. The van der Waals surface area contributed by atoms with E-state index in [0.717, 1.165) is 36.9 Å². The van der Waals surface area contributed by atoms with Crippen molar-refractivity contribution in [3.63, 3.8) is 0 Å². The lowest BCUT2D eigenvalue weighted by molar-refractivity contribution is -0.383. The smallest absolute Gasteiger partial charge is 0.278 e. The highest BCUT2D eigenvalue weighted by Gasteiger charge is 2.41. The number of aliphatic hydroxyl groups is 1. The van der Waals surface area contributed by atoms with Crippen molar-refractivity contribution in [2.75, 3.05) is 18.5 Å². The maximum absolute atomic E-state index is 11.1. The molecule has 1 aliphatic rings. The number of aromatic nitrogens is 1. The van der Waals surface area contributed by atoms with E-state index < -0.39 is 0 Å². The molecule has 0 bridgehead atoms. The molecule has 0 saturated heterocycles. The molecule has 6 heteroatoms. The van der Waals surface area contributed by atoms with E-state index in [2.05, 4.69) is 10.3 Å². The van der Waals surface area contributed by atoms with Crippen molar-refractivity contribution in [3.05, 3.63) is 40.7 Å². The van der Waals surface area contributed by atoms with Gasteiger partial charge in [0.25, 0.3) is 5.69 Å². The van der Waals surface area contributed by atoms with Gasteiger partial charge in [0.15, 0.2) is 0 Å². The quantitative estimate of drug-likeness (QED) is 0.630.